The molecule has 0 saturated carbocycles. The molecule has 0 bridgehead atoms. The first-order valence-electron chi connectivity index (χ1n) is 6.28. The summed E-state index contributed by atoms with van der Waals surface area (Å²) in [7, 11) is 0. The molecule has 0 amide bonds. The molecule has 8 nitrogen and oxygen atoms in total. The van der Waals surface area contributed by atoms with E-state index in [4.69, 9.17) is 4.74 Å². The minimum absolute atomic E-state index is 0.390. The molecule has 2 aromatic rings. The van der Waals surface area contributed by atoms with E-state index < -0.39 is 0 Å². The van der Waals surface area contributed by atoms with Gasteiger partial charge in [-0.25, -0.2) is 9.97 Å². The summed E-state index contributed by atoms with van der Waals surface area (Å²) in [5.41, 5.74) is 1.04. The summed E-state index contributed by atoms with van der Waals surface area (Å²) >= 11 is 0. The van der Waals surface area contributed by atoms with Gasteiger partial charge in [0.25, 0.3) is 0 Å². The van der Waals surface area contributed by atoms with Gasteiger partial charge in [-0.3, -0.25) is 0 Å². The Hall–Kier alpha value is -2.09. The maximum atomic E-state index is 5.37. The number of anilines is 1. The summed E-state index contributed by atoms with van der Waals surface area (Å²) in [5.74, 6) is 1.90. The van der Waals surface area contributed by atoms with E-state index in [0.717, 1.165) is 31.1 Å². The fourth-order valence-corrected chi connectivity index (χ4v) is 2.05. The molecule has 19 heavy (non-hydrogen) atoms. The lowest BCUT2D eigenvalue weighted by Crippen LogP contribution is -2.09. The number of nitrogens with one attached hydrogen (secondary N) is 2. The SMILES string of the molecule is c1nc(NCCc2nn[nH]n2)cc([C@H]2CCOC2)n1. The number of hydrogen-bond acceptors (Lipinski definition) is 7. The number of aromatic nitrogens is 6. The minimum atomic E-state index is 0.390. The van der Waals surface area contributed by atoms with Crippen molar-refractivity contribution in [1.82, 2.24) is 30.6 Å². The van der Waals surface area contributed by atoms with Gasteiger partial charge in [0.1, 0.15) is 12.1 Å². The van der Waals surface area contributed by atoms with Gasteiger partial charge in [-0.15, -0.1) is 10.2 Å². The second-order valence-electron chi connectivity index (χ2n) is 4.39. The molecule has 100 valence electrons. The van der Waals surface area contributed by atoms with Crippen LogP contribution < -0.4 is 5.32 Å². The number of hydrogen-bond donors (Lipinski definition) is 2. The highest BCUT2D eigenvalue weighted by molar-refractivity contribution is 5.36. The monoisotopic (exact) mass is 261 g/mol. The molecule has 3 rings (SSSR count). The fraction of sp³-hybridized carbons (Fsp3) is 0.545. The summed E-state index contributed by atoms with van der Waals surface area (Å²) in [4.78, 5) is 8.51. The number of nitrogens with zero attached hydrogens (tertiary/aromatic N) is 5. The zero-order chi connectivity index (χ0) is 12.9. The van der Waals surface area contributed by atoms with E-state index in [1.165, 1.54) is 0 Å². The second kappa shape index (κ2) is 5.70. The van der Waals surface area contributed by atoms with Crippen LogP contribution in [0.3, 0.4) is 0 Å². The van der Waals surface area contributed by atoms with E-state index in [9.17, 15) is 0 Å². The predicted molar refractivity (Wildman–Crippen MR) is 66.6 cm³/mol. The van der Waals surface area contributed by atoms with Crippen molar-refractivity contribution in [3.63, 3.8) is 0 Å². The van der Waals surface area contributed by atoms with Gasteiger partial charge in [0, 0.05) is 31.6 Å². The number of H-pyrrole nitrogens is 1. The molecular formula is C11H15N7O. The van der Waals surface area contributed by atoms with Gasteiger partial charge in [-0.1, -0.05) is 5.21 Å². The maximum absolute atomic E-state index is 5.37. The molecule has 0 aromatic carbocycles. The number of tetrazole rings is 1. The van der Waals surface area contributed by atoms with Gasteiger partial charge in [0.05, 0.1) is 12.3 Å². The highest BCUT2D eigenvalue weighted by Gasteiger charge is 2.19. The average Bonchev–Trinajstić information content (AvgIpc) is 3.12. The largest absolute Gasteiger partial charge is 0.381 e. The van der Waals surface area contributed by atoms with Crippen molar-refractivity contribution in [2.24, 2.45) is 0 Å². The molecule has 0 unspecified atom stereocenters. The summed E-state index contributed by atoms with van der Waals surface area (Å²) < 4.78 is 5.37. The van der Waals surface area contributed by atoms with Crippen molar-refractivity contribution in [3.8, 4) is 0 Å². The normalized spacial score (nSPS) is 18.6. The molecule has 2 aromatic heterocycles. The Morgan fingerprint density at radius 2 is 2.42 bits per heavy atom. The van der Waals surface area contributed by atoms with Crippen LogP contribution in [0.2, 0.25) is 0 Å². The van der Waals surface area contributed by atoms with E-state index in [-0.39, 0.29) is 0 Å². The van der Waals surface area contributed by atoms with Gasteiger partial charge >= 0.3 is 0 Å². The van der Waals surface area contributed by atoms with Crippen molar-refractivity contribution in [1.29, 1.82) is 0 Å². The lowest BCUT2D eigenvalue weighted by Gasteiger charge is -2.09. The van der Waals surface area contributed by atoms with Crippen LogP contribution in [0.5, 0.6) is 0 Å². The molecule has 1 aliphatic rings. The highest BCUT2D eigenvalue weighted by Crippen LogP contribution is 2.24. The lowest BCUT2D eigenvalue weighted by atomic mass is 10.1. The molecule has 1 fully saturated rings. The first-order chi connectivity index (χ1) is 9.42. The molecule has 1 saturated heterocycles. The highest BCUT2D eigenvalue weighted by atomic mass is 16.5. The van der Waals surface area contributed by atoms with Crippen molar-refractivity contribution >= 4 is 5.82 Å². The van der Waals surface area contributed by atoms with Crippen LogP contribution in [0.25, 0.3) is 0 Å². The van der Waals surface area contributed by atoms with Gasteiger partial charge in [0.15, 0.2) is 5.82 Å². The average molecular weight is 261 g/mol. The predicted octanol–water partition coefficient (Wildman–Crippen LogP) is 0.148. The Morgan fingerprint density at radius 3 is 3.21 bits per heavy atom. The van der Waals surface area contributed by atoms with Crippen LogP contribution in [0, 0.1) is 0 Å². The van der Waals surface area contributed by atoms with Crippen LogP contribution in [0.15, 0.2) is 12.4 Å². The number of aromatic amines is 1. The smallest absolute Gasteiger partial charge is 0.176 e. The van der Waals surface area contributed by atoms with Crippen LogP contribution in [-0.2, 0) is 11.2 Å². The van der Waals surface area contributed by atoms with E-state index >= 15 is 0 Å². The van der Waals surface area contributed by atoms with E-state index in [0.29, 0.717) is 24.7 Å². The summed E-state index contributed by atoms with van der Waals surface area (Å²) in [6.07, 6.45) is 3.31. The molecule has 0 radical (unpaired) electrons. The third-order valence-corrected chi connectivity index (χ3v) is 3.08. The first kappa shape index (κ1) is 12.0. The summed E-state index contributed by atoms with van der Waals surface area (Å²) in [6.45, 7) is 2.27. The third kappa shape index (κ3) is 3.02. The fourth-order valence-electron chi connectivity index (χ4n) is 2.05. The number of rotatable bonds is 5. The molecule has 0 aliphatic carbocycles. The second-order valence-corrected chi connectivity index (χ2v) is 4.39. The topological polar surface area (TPSA) is 102 Å². The first-order valence-corrected chi connectivity index (χ1v) is 6.28. The Kier molecular flexibility index (Phi) is 3.59. The van der Waals surface area contributed by atoms with Gasteiger partial charge in [0.2, 0.25) is 0 Å². The van der Waals surface area contributed by atoms with Crippen LogP contribution >= 0.6 is 0 Å². The number of ether oxygens (including phenoxy) is 1. The van der Waals surface area contributed by atoms with E-state index in [1.807, 2.05) is 6.07 Å². The third-order valence-electron chi connectivity index (χ3n) is 3.08. The molecule has 1 atom stereocenters. The van der Waals surface area contributed by atoms with Crippen LogP contribution in [0.4, 0.5) is 5.82 Å². The van der Waals surface area contributed by atoms with Crippen molar-refractivity contribution < 1.29 is 4.74 Å². The molecule has 8 heteroatoms. The minimum Gasteiger partial charge on any atom is -0.381 e. The van der Waals surface area contributed by atoms with Crippen molar-refractivity contribution in [2.45, 2.75) is 18.8 Å². The van der Waals surface area contributed by atoms with Gasteiger partial charge < -0.3 is 10.1 Å². The molecular weight excluding hydrogens is 246 g/mol. The molecule has 2 N–H and O–H groups in total. The van der Waals surface area contributed by atoms with Crippen LogP contribution in [-0.4, -0.2) is 50.4 Å². The zero-order valence-corrected chi connectivity index (χ0v) is 10.4. The molecule has 0 spiro atoms. The molecule has 3 heterocycles. The maximum Gasteiger partial charge on any atom is 0.176 e. The summed E-state index contributed by atoms with van der Waals surface area (Å²) in [6, 6.07) is 1.98. The van der Waals surface area contributed by atoms with Crippen molar-refractivity contribution in [3.05, 3.63) is 23.9 Å². The Morgan fingerprint density at radius 1 is 1.42 bits per heavy atom. The van der Waals surface area contributed by atoms with Gasteiger partial charge in [-0.2, -0.15) is 5.21 Å². The van der Waals surface area contributed by atoms with Crippen LogP contribution in [0.1, 0.15) is 23.9 Å². The zero-order valence-electron chi connectivity index (χ0n) is 10.4. The van der Waals surface area contributed by atoms with E-state index in [2.05, 4.69) is 35.9 Å². The quantitative estimate of drug-likeness (QED) is 0.789. The lowest BCUT2D eigenvalue weighted by molar-refractivity contribution is 0.193. The molecule has 1 aliphatic heterocycles. The van der Waals surface area contributed by atoms with Gasteiger partial charge in [-0.05, 0) is 6.42 Å². The Bertz CT molecular complexity index is 510. The standard InChI is InChI=1S/C11H15N7O/c1(10-15-17-18-16-10)3-12-11-5-9(13-7-14-11)8-2-4-19-6-8/h5,7-8H,1-4,6H2,(H,12,13,14)(H,15,16,17,18)/t8-/m0/s1. The van der Waals surface area contributed by atoms with Crippen molar-refractivity contribution in [2.75, 3.05) is 25.1 Å². The summed E-state index contributed by atoms with van der Waals surface area (Å²) in [5, 5.41) is 17.0. The Labute approximate surface area is 110 Å². The van der Waals surface area contributed by atoms with E-state index in [1.54, 1.807) is 6.33 Å². The Balaban J connectivity index is 1.56.